The van der Waals surface area contributed by atoms with Crippen LogP contribution in [0.4, 0.5) is 5.69 Å². The molecule has 0 saturated heterocycles. The van der Waals surface area contributed by atoms with E-state index in [0.29, 0.717) is 28.6 Å². The minimum absolute atomic E-state index is 0.000267. The van der Waals surface area contributed by atoms with Crippen molar-refractivity contribution in [1.29, 1.82) is 5.26 Å². The number of nitriles is 1. The number of amides is 1. The molecule has 0 aliphatic rings. The molecule has 0 spiro atoms. The number of hydrogen-bond donors (Lipinski definition) is 1. The quantitative estimate of drug-likeness (QED) is 0.378. The number of nitrogens with one attached hydrogen (secondary N) is 1. The Morgan fingerprint density at radius 2 is 1.87 bits per heavy atom. The Balaban J connectivity index is 1.80. The number of ether oxygens (including phenoxy) is 1. The molecule has 0 aromatic heterocycles. The van der Waals surface area contributed by atoms with E-state index in [1.807, 2.05) is 67.6 Å². The van der Waals surface area contributed by atoms with E-state index < -0.39 is 5.91 Å². The van der Waals surface area contributed by atoms with Crippen LogP contribution in [0, 0.1) is 11.3 Å². The number of carbonyl (C=O) groups is 1. The lowest BCUT2D eigenvalue weighted by Gasteiger charge is -2.11. The van der Waals surface area contributed by atoms with E-state index in [2.05, 4.69) is 5.32 Å². The third-order valence-electron chi connectivity index (χ3n) is 4.51. The van der Waals surface area contributed by atoms with Crippen molar-refractivity contribution in [2.24, 2.45) is 0 Å². The summed E-state index contributed by atoms with van der Waals surface area (Å²) in [5.74, 6) is 0.120. The maximum Gasteiger partial charge on any atom is 0.266 e. The first kappa shape index (κ1) is 21.2. The van der Waals surface area contributed by atoms with Crippen LogP contribution in [0.25, 0.3) is 6.08 Å². The van der Waals surface area contributed by atoms with Crippen LogP contribution in [0.15, 0.2) is 78.4 Å². The molecule has 0 unspecified atom stereocenters. The standard InChI is InChI=1S/C25H21ClN2O2/c1-2-19-9-3-5-12-23(19)28-25(29)21(16-27)15-20-10-4-6-13-24(20)30-17-18-8-7-11-22(26)14-18/h3-15H,2,17H2,1H3,(H,28,29)/b21-15+. The number of hydrogen-bond acceptors (Lipinski definition) is 3. The van der Waals surface area contributed by atoms with Gasteiger partial charge >= 0.3 is 0 Å². The summed E-state index contributed by atoms with van der Waals surface area (Å²) in [4.78, 5) is 12.7. The first-order valence-electron chi connectivity index (χ1n) is 9.58. The van der Waals surface area contributed by atoms with Gasteiger partial charge in [0, 0.05) is 16.3 Å². The second-order valence-electron chi connectivity index (χ2n) is 6.59. The lowest BCUT2D eigenvalue weighted by molar-refractivity contribution is -0.112. The van der Waals surface area contributed by atoms with Crippen molar-refractivity contribution in [2.45, 2.75) is 20.0 Å². The normalized spacial score (nSPS) is 10.9. The predicted octanol–water partition coefficient (Wildman–Crippen LogP) is 6.03. The van der Waals surface area contributed by atoms with E-state index >= 15 is 0 Å². The summed E-state index contributed by atoms with van der Waals surface area (Å²) in [5.41, 5.74) is 3.29. The minimum Gasteiger partial charge on any atom is -0.488 e. The average molecular weight is 417 g/mol. The van der Waals surface area contributed by atoms with Crippen LogP contribution >= 0.6 is 11.6 Å². The molecule has 4 nitrogen and oxygen atoms in total. The number of nitrogens with zero attached hydrogens (tertiary/aromatic N) is 1. The van der Waals surface area contributed by atoms with Crippen LogP contribution in [0.2, 0.25) is 5.02 Å². The summed E-state index contributed by atoms with van der Waals surface area (Å²) in [6.07, 6.45) is 2.32. The van der Waals surface area contributed by atoms with Gasteiger partial charge in [-0.25, -0.2) is 0 Å². The van der Waals surface area contributed by atoms with Crippen molar-refractivity contribution in [1.82, 2.24) is 0 Å². The first-order chi connectivity index (χ1) is 14.6. The van der Waals surface area contributed by atoms with Crippen LogP contribution in [0.1, 0.15) is 23.6 Å². The molecule has 0 heterocycles. The summed E-state index contributed by atoms with van der Waals surface area (Å²) in [6, 6.07) is 24.2. The molecule has 0 bridgehead atoms. The lowest BCUT2D eigenvalue weighted by Crippen LogP contribution is -2.14. The van der Waals surface area contributed by atoms with Gasteiger partial charge in [0.1, 0.15) is 24.0 Å². The maximum absolute atomic E-state index is 12.7. The van der Waals surface area contributed by atoms with Gasteiger partial charge in [-0.15, -0.1) is 0 Å². The third kappa shape index (κ3) is 5.50. The smallest absolute Gasteiger partial charge is 0.266 e. The van der Waals surface area contributed by atoms with Gasteiger partial charge in [0.2, 0.25) is 0 Å². The van der Waals surface area contributed by atoms with Gasteiger partial charge in [-0.2, -0.15) is 5.26 Å². The molecule has 30 heavy (non-hydrogen) atoms. The molecule has 1 amide bonds. The molecule has 3 aromatic carbocycles. The highest BCUT2D eigenvalue weighted by atomic mass is 35.5. The summed E-state index contributed by atoms with van der Waals surface area (Å²) in [6.45, 7) is 2.34. The highest BCUT2D eigenvalue weighted by molar-refractivity contribution is 6.30. The molecule has 3 aromatic rings. The third-order valence-corrected chi connectivity index (χ3v) is 4.75. The minimum atomic E-state index is -0.456. The van der Waals surface area contributed by atoms with Gasteiger partial charge in [-0.1, -0.05) is 67.1 Å². The number of aryl methyl sites for hydroxylation is 1. The number of anilines is 1. The fourth-order valence-electron chi connectivity index (χ4n) is 2.96. The Morgan fingerprint density at radius 3 is 2.63 bits per heavy atom. The topological polar surface area (TPSA) is 62.1 Å². The second-order valence-corrected chi connectivity index (χ2v) is 7.03. The second kappa shape index (κ2) is 10.3. The fraction of sp³-hybridized carbons (Fsp3) is 0.120. The Labute approximate surface area is 181 Å². The van der Waals surface area contributed by atoms with Crippen molar-refractivity contribution in [3.63, 3.8) is 0 Å². The zero-order valence-electron chi connectivity index (χ0n) is 16.6. The summed E-state index contributed by atoms with van der Waals surface area (Å²) in [5, 5.41) is 13.0. The van der Waals surface area contributed by atoms with E-state index in [1.165, 1.54) is 6.08 Å². The number of halogens is 1. The van der Waals surface area contributed by atoms with E-state index in [1.54, 1.807) is 18.2 Å². The summed E-state index contributed by atoms with van der Waals surface area (Å²) in [7, 11) is 0. The Kier molecular flexibility index (Phi) is 7.26. The monoisotopic (exact) mass is 416 g/mol. The lowest BCUT2D eigenvalue weighted by atomic mass is 10.1. The molecule has 1 N–H and O–H groups in total. The van der Waals surface area contributed by atoms with Gasteiger partial charge in [-0.05, 0) is 47.9 Å². The van der Waals surface area contributed by atoms with Crippen LogP contribution in [0.3, 0.4) is 0 Å². The van der Waals surface area contributed by atoms with Crippen molar-refractivity contribution in [3.8, 4) is 11.8 Å². The molecule has 0 aliphatic heterocycles. The van der Waals surface area contributed by atoms with Crippen LogP contribution in [-0.2, 0) is 17.8 Å². The molecule has 3 rings (SSSR count). The predicted molar refractivity (Wildman–Crippen MR) is 120 cm³/mol. The van der Waals surface area contributed by atoms with E-state index in [-0.39, 0.29) is 5.57 Å². The van der Waals surface area contributed by atoms with Crippen molar-refractivity contribution in [3.05, 3.63) is 100 Å². The van der Waals surface area contributed by atoms with Crippen LogP contribution < -0.4 is 10.1 Å². The molecule has 0 radical (unpaired) electrons. The highest BCUT2D eigenvalue weighted by Crippen LogP contribution is 2.24. The number of para-hydroxylation sites is 2. The molecular formula is C25H21ClN2O2. The first-order valence-corrected chi connectivity index (χ1v) is 9.96. The molecule has 0 saturated carbocycles. The largest absolute Gasteiger partial charge is 0.488 e. The van der Waals surface area contributed by atoms with Gasteiger partial charge < -0.3 is 10.1 Å². The molecule has 5 heteroatoms. The van der Waals surface area contributed by atoms with Crippen molar-refractivity contribution < 1.29 is 9.53 Å². The highest BCUT2D eigenvalue weighted by Gasteiger charge is 2.13. The van der Waals surface area contributed by atoms with Gasteiger partial charge in [0.15, 0.2) is 0 Å². The van der Waals surface area contributed by atoms with Gasteiger partial charge in [0.25, 0.3) is 5.91 Å². The SMILES string of the molecule is CCc1ccccc1NC(=O)/C(C#N)=C/c1ccccc1OCc1cccc(Cl)c1. The fourth-order valence-corrected chi connectivity index (χ4v) is 3.18. The van der Waals surface area contributed by atoms with E-state index in [9.17, 15) is 10.1 Å². The number of benzene rings is 3. The molecule has 0 atom stereocenters. The number of rotatable bonds is 7. The molecule has 0 aliphatic carbocycles. The van der Waals surface area contributed by atoms with E-state index in [4.69, 9.17) is 16.3 Å². The Hall–Kier alpha value is -3.55. The Bertz CT molecular complexity index is 1120. The van der Waals surface area contributed by atoms with Crippen molar-refractivity contribution in [2.75, 3.05) is 5.32 Å². The Morgan fingerprint density at radius 1 is 1.10 bits per heavy atom. The van der Waals surface area contributed by atoms with Gasteiger partial charge in [-0.3, -0.25) is 4.79 Å². The summed E-state index contributed by atoms with van der Waals surface area (Å²) >= 11 is 6.02. The maximum atomic E-state index is 12.7. The van der Waals surface area contributed by atoms with Crippen LogP contribution in [-0.4, -0.2) is 5.91 Å². The average Bonchev–Trinajstić information content (AvgIpc) is 2.77. The zero-order chi connectivity index (χ0) is 21.3. The summed E-state index contributed by atoms with van der Waals surface area (Å²) < 4.78 is 5.91. The zero-order valence-corrected chi connectivity index (χ0v) is 17.3. The molecule has 150 valence electrons. The molecule has 0 fully saturated rings. The van der Waals surface area contributed by atoms with Gasteiger partial charge in [0.05, 0.1) is 0 Å². The number of carbonyl (C=O) groups excluding carboxylic acids is 1. The van der Waals surface area contributed by atoms with Crippen LogP contribution in [0.5, 0.6) is 5.75 Å². The van der Waals surface area contributed by atoms with E-state index in [0.717, 1.165) is 17.5 Å². The van der Waals surface area contributed by atoms with Crippen molar-refractivity contribution >= 4 is 29.3 Å². The molecular weight excluding hydrogens is 396 g/mol.